The number of thiophene rings is 1. The molecule has 2 aromatic heterocycles. The third kappa shape index (κ3) is 5.42. The zero-order valence-electron chi connectivity index (χ0n) is 17.6. The number of non-ortho nitro benzene ring substituents is 1. The molecule has 0 fully saturated rings. The molecule has 10 nitrogen and oxygen atoms in total. The maximum atomic E-state index is 13.1. The lowest BCUT2D eigenvalue weighted by molar-refractivity contribution is -0.384. The van der Waals surface area contributed by atoms with Crippen LogP contribution in [-0.4, -0.2) is 25.5 Å². The third-order valence-corrected chi connectivity index (χ3v) is 5.77. The number of thiocarbonyl (C=S) groups is 1. The van der Waals surface area contributed by atoms with E-state index >= 15 is 0 Å². The normalized spacial score (nSPS) is 10.6. The number of fused-ring (bicyclic) bond motifs is 1. The maximum absolute atomic E-state index is 13.1. The molecule has 2 aromatic carbocycles. The van der Waals surface area contributed by atoms with Crippen molar-refractivity contribution < 1.29 is 9.72 Å². The molecule has 0 aliphatic carbocycles. The van der Waals surface area contributed by atoms with Crippen molar-refractivity contribution in [2.24, 2.45) is 0 Å². The number of nitrogens with one attached hydrogen (secondary N) is 3. The predicted molar refractivity (Wildman–Crippen MR) is 134 cm³/mol. The smallest absolute Gasteiger partial charge is 0.269 e. The maximum Gasteiger partial charge on any atom is 0.269 e. The molecule has 0 saturated carbocycles. The van der Waals surface area contributed by atoms with Crippen molar-refractivity contribution in [1.29, 1.82) is 0 Å². The van der Waals surface area contributed by atoms with Gasteiger partial charge < -0.3 is 5.32 Å². The Balaban J connectivity index is 1.45. The molecule has 4 rings (SSSR count). The topological polar surface area (TPSA) is 131 Å². The second-order valence-electron chi connectivity index (χ2n) is 7.18. The second kappa shape index (κ2) is 10.2. The molecule has 3 N–H and O–H groups in total. The molecule has 0 aliphatic heterocycles. The highest BCUT2D eigenvalue weighted by molar-refractivity contribution is 7.80. The van der Waals surface area contributed by atoms with Crippen molar-refractivity contribution >= 4 is 56.9 Å². The van der Waals surface area contributed by atoms with Crippen LogP contribution < -0.4 is 21.7 Å². The molecule has 172 valence electrons. The number of anilines is 1. The standard InChI is InChI=1S/C22H18N6O4S2/c29-20(25-26-22(33)23-15-5-7-16(8-6-15)28(31)32)12-27-19(11-14-9-10-34-13-14)24-18-4-2-1-3-17(18)21(27)30/h1-10,13H,11-12H2,(H,25,29)(H2,23,26,33). The molecule has 4 aromatic rings. The van der Waals surface area contributed by atoms with E-state index in [0.717, 1.165) is 5.56 Å². The van der Waals surface area contributed by atoms with E-state index in [-0.39, 0.29) is 22.9 Å². The zero-order valence-corrected chi connectivity index (χ0v) is 19.2. The molecule has 0 atom stereocenters. The van der Waals surface area contributed by atoms with Gasteiger partial charge in [-0.1, -0.05) is 12.1 Å². The van der Waals surface area contributed by atoms with Gasteiger partial charge in [-0.15, -0.1) is 0 Å². The average Bonchev–Trinajstić information content (AvgIpc) is 3.34. The van der Waals surface area contributed by atoms with Crippen molar-refractivity contribution in [3.05, 3.63) is 97.2 Å². The largest absolute Gasteiger partial charge is 0.331 e. The molecule has 0 radical (unpaired) electrons. The minimum atomic E-state index is -0.503. The van der Waals surface area contributed by atoms with E-state index in [0.29, 0.717) is 28.8 Å². The first-order chi connectivity index (χ1) is 16.4. The van der Waals surface area contributed by atoms with Gasteiger partial charge in [0.1, 0.15) is 12.4 Å². The fourth-order valence-electron chi connectivity index (χ4n) is 3.23. The summed E-state index contributed by atoms with van der Waals surface area (Å²) >= 11 is 6.69. The van der Waals surface area contributed by atoms with E-state index in [1.54, 1.807) is 29.5 Å². The van der Waals surface area contributed by atoms with Crippen molar-refractivity contribution in [3.63, 3.8) is 0 Å². The summed E-state index contributed by atoms with van der Waals surface area (Å²) in [5.74, 6) is -0.0255. The minimum absolute atomic E-state index is 0.0505. The van der Waals surface area contributed by atoms with Gasteiger partial charge in [-0.05, 0) is 58.9 Å². The number of carbonyl (C=O) groups is 1. The van der Waals surface area contributed by atoms with Crippen LogP contribution in [0.5, 0.6) is 0 Å². The number of nitro benzene ring substituents is 1. The molecule has 0 aliphatic rings. The van der Waals surface area contributed by atoms with E-state index in [2.05, 4.69) is 21.2 Å². The fourth-order valence-corrected chi connectivity index (χ4v) is 4.06. The van der Waals surface area contributed by atoms with Crippen molar-refractivity contribution in [2.45, 2.75) is 13.0 Å². The molecule has 2 heterocycles. The molecule has 0 bridgehead atoms. The predicted octanol–water partition coefficient (Wildman–Crippen LogP) is 2.97. The zero-order chi connectivity index (χ0) is 24.1. The van der Waals surface area contributed by atoms with E-state index in [1.807, 2.05) is 22.9 Å². The highest BCUT2D eigenvalue weighted by Crippen LogP contribution is 2.16. The fraction of sp³-hybridized carbons (Fsp3) is 0.0909. The van der Waals surface area contributed by atoms with Crippen LogP contribution in [-0.2, 0) is 17.8 Å². The Morgan fingerprint density at radius 3 is 2.59 bits per heavy atom. The number of nitro groups is 1. The summed E-state index contributed by atoms with van der Waals surface area (Å²) in [4.78, 5) is 40.6. The van der Waals surface area contributed by atoms with Gasteiger partial charge >= 0.3 is 0 Å². The monoisotopic (exact) mass is 494 g/mol. The number of carbonyl (C=O) groups excluding carboxylic acids is 1. The van der Waals surface area contributed by atoms with Crippen LogP contribution in [0.25, 0.3) is 10.9 Å². The Labute approximate surface area is 202 Å². The first-order valence-electron chi connectivity index (χ1n) is 10.0. The molecular weight excluding hydrogens is 476 g/mol. The Bertz CT molecular complexity index is 1420. The summed E-state index contributed by atoms with van der Waals surface area (Å²) in [5.41, 5.74) is 6.73. The molecule has 0 unspecified atom stereocenters. The van der Waals surface area contributed by atoms with Crippen LogP contribution in [0.4, 0.5) is 11.4 Å². The average molecular weight is 495 g/mol. The Morgan fingerprint density at radius 1 is 1.12 bits per heavy atom. The summed E-state index contributed by atoms with van der Waals surface area (Å²) in [6.07, 6.45) is 0.407. The van der Waals surface area contributed by atoms with Crippen LogP contribution in [0.3, 0.4) is 0 Å². The number of benzene rings is 2. The molecular formula is C22H18N6O4S2. The Morgan fingerprint density at radius 2 is 1.88 bits per heavy atom. The van der Waals surface area contributed by atoms with Gasteiger partial charge in [0.2, 0.25) is 0 Å². The van der Waals surface area contributed by atoms with Crippen LogP contribution >= 0.6 is 23.6 Å². The van der Waals surface area contributed by atoms with Gasteiger partial charge in [-0.25, -0.2) is 4.98 Å². The lowest BCUT2D eigenvalue weighted by Crippen LogP contribution is -2.46. The highest BCUT2D eigenvalue weighted by atomic mass is 32.1. The van der Waals surface area contributed by atoms with Crippen molar-refractivity contribution in [2.75, 3.05) is 5.32 Å². The third-order valence-electron chi connectivity index (χ3n) is 4.84. The number of aromatic nitrogens is 2. The van der Waals surface area contributed by atoms with Gasteiger partial charge in [0.05, 0.1) is 15.8 Å². The van der Waals surface area contributed by atoms with Crippen LogP contribution in [0.15, 0.2) is 70.2 Å². The van der Waals surface area contributed by atoms with Crippen LogP contribution in [0, 0.1) is 10.1 Å². The highest BCUT2D eigenvalue weighted by Gasteiger charge is 2.15. The molecule has 34 heavy (non-hydrogen) atoms. The number of para-hydroxylation sites is 1. The van der Waals surface area contributed by atoms with Crippen LogP contribution in [0.1, 0.15) is 11.4 Å². The van der Waals surface area contributed by atoms with E-state index in [9.17, 15) is 19.7 Å². The Kier molecular flexibility index (Phi) is 6.90. The van der Waals surface area contributed by atoms with Gasteiger partial charge in [0.15, 0.2) is 5.11 Å². The minimum Gasteiger partial charge on any atom is -0.331 e. The Hall–Kier alpha value is -4.16. The van der Waals surface area contributed by atoms with E-state index < -0.39 is 10.8 Å². The van der Waals surface area contributed by atoms with Gasteiger partial charge in [-0.3, -0.25) is 35.1 Å². The summed E-state index contributed by atoms with van der Waals surface area (Å²) in [7, 11) is 0. The molecule has 0 saturated heterocycles. The number of hydrogen-bond acceptors (Lipinski definition) is 7. The second-order valence-corrected chi connectivity index (χ2v) is 8.36. The summed E-state index contributed by atoms with van der Waals surface area (Å²) in [6, 6.07) is 14.6. The SMILES string of the molecule is O=C(Cn1c(Cc2ccsc2)nc2ccccc2c1=O)NNC(=S)Nc1ccc([N+](=O)[O-])cc1. The van der Waals surface area contributed by atoms with Crippen molar-refractivity contribution in [1.82, 2.24) is 20.4 Å². The van der Waals surface area contributed by atoms with Gasteiger partial charge in [0.25, 0.3) is 17.2 Å². The lowest BCUT2D eigenvalue weighted by Gasteiger charge is -2.15. The summed E-state index contributed by atoms with van der Waals surface area (Å²) in [6.45, 7) is -0.261. The summed E-state index contributed by atoms with van der Waals surface area (Å²) in [5, 5.41) is 18.0. The first-order valence-corrected chi connectivity index (χ1v) is 11.4. The van der Waals surface area contributed by atoms with Gasteiger partial charge in [0, 0.05) is 24.2 Å². The quantitative estimate of drug-likeness (QED) is 0.212. The van der Waals surface area contributed by atoms with Crippen LogP contribution in [0.2, 0.25) is 0 Å². The summed E-state index contributed by atoms with van der Waals surface area (Å²) < 4.78 is 1.35. The molecule has 12 heteroatoms. The molecule has 0 spiro atoms. The first kappa shape index (κ1) is 23.0. The molecule has 1 amide bonds. The number of rotatable bonds is 6. The van der Waals surface area contributed by atoms with Crippen molar-refractivity contribution in [3.8, 4) is 0 Å². The van der Waals surface area contributed by atoms with E-state index in [4.69, 9.17) is 12.2 Å². The van der Waals surface area contributed by atoms with Gasteiger partial charge in [-0.2, -0.15) is 11.3 Å². The lowest BCUT2D eigenvalue weighted by atomic mass is 10.2. The number of amides is 1. The van der Waals surface area contributed by atoms with E-state index in [1.165, 1.54) is 28.8 Å². The number of hydrogen-bond donors (Lipinski definition) is 3. The number of hydrazine groups is 1. The number of nitrogens with zero attached hydrogens (tertiary/aromatic N) is 3.